The summed E-state index contributed by atoms with van der Waals surface area (Å²) in [4.78, 5) is 22.9. The molecule has 0 heterocycles. The van der Waals surface area contributed by atoms with E-state index in [-0.39, 0.29) is 16.7 Å². The molecule has 1 rings (SSSR count). The van der Waals surface area contributed by atoms with Crippen molar-refractivity contribution in [1.82, 2.24) is 0 Å². The Bertz CT molecular complexity index is 557. The van der Waals surface area contributed by atoms with E-state index in [0.29, 0.717) is 5.56 Å². The summed E-state index contributed by atoms with van der Waals surface area (Å²) in [6.45, 7) is 10.9. The predicted octanol–water partition coefficient (Wildman–Crippen LogP) is 1.01. The van der Waals surface area contributed by atoms with Crippen molar-refractivity contribution in [3.05, 3.63) is 34.4 Å². The van der Waals surface area contributed by atoms with Crippen LogP contribution in [-0.4, -0.2) is 11.9 Å². The van der Waals surface area contributed by atoms with Gasteiger partial charge >= 0.3 is 0 Å². The average molecular weight is 276 g/mol. The summed E-state index contributed by atoms with van der Waals surface area (Å²) in [7, 11) is 0. The van der Waals surface area contributed by atoms with E-state index < -0.39 is 22.8 Å². The first-order chi connectivity index (χ1) is 8.87. The number of carboxylic acids is 2. The highest BCUT2D eigenvalue weighted by molar-refractivity contribution is 5.97. The molecule has 110 valence electrons. The van der Waals surface area contributed by atoms with E-state index in [1.165, 1.54) is 12.1 Å². The molecule has 0 aromatic heterocycles. The number of carboxylic acid groups (broad SMARTS) is 2. The maximum Gasteiger partial charge on any atom is 0.0721 e. The van der Waals surface area contributed by atoms with Crippen molar-refractivity contribution in [3.8, 4) is 0 Å². The van der Waals surface area contributed by atoms with E-state index in [2.05, 4.69) is 0 Å². The second kappa shape index (κ2) is 4.93. The van der Waals surface area contributed by atoms with Crippen molar-refractivity contribution in [2.45, 2.75) is 52.4 Å². The highest BCUT2D eigenvalue weighted by Crippen LogP contribution is 2.35. The maximum absolute atomic E-state index is 11.6. The zero-order valence-electron chi connectivity index (χ0n) is 12.8. The zero-order chi connectivity index (χ0) is 15.9. The van der Waals surface area contributed by atoms with Crippen molar-refractivity contribution in [2.75, 3.05) is 0 Å². The van der Waals surface area contributed by atoms with E-state index in [1.807, 2.05) is 20.8 Å². The van der Waals surface area contributed by atoms with Crippen LogP contribution in [0.1, 0.15) is 73.4 Å². The minimum atomic E-state index is -1.38. The first-order valence-electron chi connectivity index (χ1n) is 6.48. The second-order valence-corrected chi connectivity index (χ2v) is 6.99. The highest BCUT2D eigenvalue weighted by Gasteiger charge is 2.28. The van der Waals surface area contributed by atoms with Crippen LogP contribution in [0, 0.1) is 0 Å². The summed E-state index contributed by atoms with van der Waals surface area (Å²) in [6.07, 6.45) is 0. The van der Waals surface area contributed by atoms with Crippen LogP contribution >= 0.6 is 0 Å². The fourth-order valence-corrected chi connectivity index (χ4v) is 2.39. The Morgan fingerprint density at radius 3 is 1.65 bits per heavy atom. The molecule has 1 aromatic rings. The lowest BCUT2D eigenvalue weighted by molar-refractivity contribution is -0.255. The van der Waals surface area contributed by atoms with Crippen LogP contribution in [0.25, 0.3) is 0 Å². The molecule has 0 atom stereocenters. The standard InChI is InChI=1S/C16H22O4/c1-15(2,3)10-8-7-9(13(17)18)12(16(4,5)6)11(10)14(19)20/h7-8H,1-6H3,(H,17,18)(H,19,20)/p-2. The summed E-state index contributed by atoms with van der Waals surface area (Å²) in [5, 5.41) is 22.9. The van der Waals surface area contributed by atoms with Crippen LogP contribution in [0.4, 0.5) is 0 Å². The summed E-state index contributed by atoms with van der Waals surface area (Å²) < 4.78 is 0. The number of carbonyl (C=O) groups is 2. The van der Waals surface area contributed by atoms with Crippen LogP contribution < -0.4 is 10.2 Å². The van der Waals surface area contributed by atoms with E-state index in [1.54, 1.807) is 20.8 Å². The van der Waals surface area contributed by atoms with E-state index in [9.17, 15) is 19.8 Å². The Labute approximate surface area is 119 Å². The van der Waals surface area contributed by atoms with Crippen molar-refractivity contribution >= 4 is 11.9 Å². The molecule has 0 aliphatic carbocycles. The minimum Gasteiger partial charge on any atom is -0.545 e. The normalized spacial score (nSPS) is 12.3. The van der Waals surface area contributed by atoms with Crippen molar-refractivity contribution in [2.24, 2.45) is 0 Å². The Morgan fingerprint density at radius 2 is 1.35 bits per heavy atom. The summed E-state index contributed by atoms with van der Waals surface area (Å²) in [5.74, 6) is -2.74. The molecule has 4 heteroatoms. The average Bonchev–Trinajstić information content (AvgIpc) is 2.24. The number of hydrogen-bond acceptors (Lipinski definition) is 4. The Kier molecular flexibility index (Phi) is 3.99. The SMILES string of the molecule is CC(C)(C)c1ccc(C(=O)[O-])c(C(C)(C)C)c1C(=O)[O-]. The van der Waals surface area contributed by atoms with Gasteiger partial charge in [-0.25, -0.2) is 0 Å². The highest BCUT2D eigenvalue weighted by atomic mass is 16.4. The zero-order valence-corrected chi connectivity index (χ0v) is 12.8. The lowest BCUT2D eigenvalue weighted by atomic mass is 9.74. The van der Waals surface area contributed by atoms with Crippen LogP contribution in [-0.2, 0) is 10.8 Å². The van der Waals surface area contributed by atoms with Crippen molar-refractivity contribution < 1.29 is 19.8 Å². The fraction of sp³-hybridized carbons (Fsp3) is 0.500. The molecular weight excluding hydrogens is 256 g/mol. The third kappa shape index (κ3) is 3.00. The number of rotatable bonds is 2. The van der Waals surface area contributed by atoms with E-state index >= 15 is 0 Å². The summed E-state index contributed by atoms with van der Waals surface area (Å²) >= 11 is 0. The number of hydrogen-bond donors (Lipinski definition) is 0. The quantitative estimate of drug-likeness (QED) is 0.807. The van der Waals surface area contributed by atoms with Gasteiger partial charge in [-0.1, -0.05) is 53.7 Å². The molecule has 0 N–H and O–H groups in total. The van der Waals surface area contributed by atoms with Crippen molar-refractivity contribution in [1.29, 1.82) is 0 Å². The monoisotopic (exact) mass is 276 g/mol. The van der Waals surface area contributed by atoms with Gasteiger partial charge in [0, 0.05) is 11.1 Å². The molecule has 0 bridgehead atoms. The second-order valence-electron chi connectivity index (χ2n) is 6.99. The first kappa shape index (κ1) is 16.2. The van der Waals surface area contributed by atoms with Gasteiger partial charge < -0.3 is 19.8 Å². The molecule has 0 aliphatic rings. The molecule has 0 aliphatic heterocycles. The van der Waals surface area contributed by atoms with Gasteiger partial charge in [0.25, 0.3) is 0 Å². The molecule has 0 fully saturated rings. The molecule has 0 saturated heterocycles. The van der Waals surface area contributed by atoms with Gasteiger partial charge in [-0.05, 0) is 22.0 Å². The first-order valence-corrected chi connectivity index (χ1v) is 6.48. The number of benzene rings is 1. The van der Waals surface area contributed by atoms with Gasteiger partial charge in [-0.3, -0.25) is 0 Å². The van der Waals surface area contributed by atoms with Crippen LogP contribution in [0.2, 0.25) is 0 Å². The Hall–Kier alpha value is -1.84. The molecule has 1 aromatic carbocycles. The van der Waals surface area contributed by atoms with Gasteiger partial charge in [0.1, 0.15) is 0 Å². The molecule has 0 saturated carbocycles. The van der Waals surface area contributed by atoms with Crippen LogP contribution in [0.15, 0.2) is 12.1 Å². The molecule has 20 heavy (non-hydrogen) atoms. The Balaban J connectivity index is 3.91. The maximum atomic E-state index is 11.6. The third-order valence-electron chi connectivity index (χ3n) is 3.19. The van der Waals surface area contributed by atoms with Gasteiger partial charge in [0.05, 0.1) is 11.9 Å². The van der Waals surface area contributed by atoms with E-state index in [4.69, 9.17) is 0 Å². The predicted molar refractivity (Wildman–Crippen MR) is 72.5 cm³/mol. The molecule has 0 spiro atoms. The van der Waals surface area contributed by atoms with Gasteiger partial charge in [-0.2, -0.15) is 0 Å². The lowest BCUT2D eigenvalue weighted by Gasteiger charge is -2.32. The third-order valence-corrected chi connectivity index (χ3v) is 3.19. The molecular formula is C16H20O4-2. The molecule has 4 nitrogen and oxygen atoms in total. The van der Waals surface area contributed by atoms with Gasteiger partial charge in [0.15, 0.2) is 0 Å². The van der Waals surface area contributed by atoms with Crippen molar-refractivity contribution in [3.63, 3.8) is 0 Å². The van der Waals surface area contributed by atoms with Crippen LogP contribution in [0.5, 0.6) is 0 Å². The molecule has 0 radical (unpaired) electrons. The number of carbonyl (C=O) groups excluding carboxylic acids is 2. The van der Waals surface area contributed by atoms with E-state index in [0.717, 1.165) is 0 Å². The minimum absolute atomic E-state index is 0.0355. The van der Waals surface area contributed by atoms with Gasteiger partial charge in [0.2, 0.25) is 0 Å². The Morgan fingerprint density at radius 1 is 0.850 bits per heavy atom. The lowest BCUT2D eigenvalue weighted by Crippen LogP contribution is -2.35. The fourth-order valence-electron chi connectivity index (χ4n) is 2.39. The van der Waals surface area contributed by atoms with Gasteiger partial charge in [-0.15, -0.1) is 0 Å². The molecule has 0 unspecified atom stereocenters. The van der Waals surface area contributed by atoms with Crippen LogP contribution in [0.3, 0.4) is 0 Å². The smallest absolute Gasteiger partial charge is 0.0721 e. The topological polar surface area (TPSA) is 80.3 Å². The summed E-state index contributed by atoms with van der Waals surface area (Å²) in [5.41, 5.74) is -0.389. The number of aromatic carboxylic acids is 2. The molecule has 0 amide bonds. The largest absolute Gasteiger partial charge is 0.545 e. The summed E-state index contributed by atoms with van der Waals surface area (Å²) in [6, 6.07) is 2.95.